The lowest BCUT2D eigenvalue weighted by Gasteiger charge is -2.20. The molecule has 0 spiro atoms. The highest BCUT2D eigenvalue weighted by molar-refractivity contribution is 7.15. The predicted octanol–water partition coefficient (Wildman–Crippen LogP) is 0.0318. The Kier molecular flexibility index (Phi) is 5.26. The van der Waals surface area contributed by atoms with Crippen molar-refractivity contribution in [3.8, 4) is 0 Å². The van der Waals surface area contributed by atoms with Crippen LogP contribution in [0.5, 0.6) is 0 Å². The maximum atomic E-state index is 12.3. The van der Waals surface area contributed by atoms with Gasteiger partial charge in [-0.25, -0.2) is 4.79 Å². The molecule has 3 atom stereocenters. The van der Waals surface area contributed by atoms with Gasteiger partial charge in [-0.3, -0.25) is 14.9 Å². The molecule has 0 aromatic carbocycles. The molecule has 1 aromatic rings. The Morgan fingerprint density at radius 2 is 2.00 bits per heavy atom. The number of aryl methyl sites for hydroxylation is 1. The van der Waals surface area contributed by atoms with Crippen LogP contribution in [0.15, 0.2) is 0 Å². The molecule has 0 aliphatic carbocycles. The van der Waals surface area contributed by atoms with Gasteiger partial charge in [-0.2, -0.15) is 0 Å². The normalized spacial score (nSPS) is 20.9. The number of epoxide rings is 1. The summed E-state index contributed by atoms with van der Waals surface area (Å²) >= 11 is 1.26. The number of carboxylic acid groups (broad SMARTS) is 1. The van der Waals surface area contributed by atoms with Crippen LogP contribution in [0.25, 0.3) is 0 Å². The highest BCUT2D eigenvalue weighted by atomic mass is 32.1. The van der Waals surface area contributed by atoms with Crippen LogP contribution in [0.1, 0.15) is 25.8 Å². The van der Waals surface area contributed by atoms with E-state index < -0.39 is 36.0 Å². The van der Waals surface area contributed by atoms with Gasteiger partial charge in [0, 0.05) is 0 Å². The SMILES string of the molecule is CCc1nnc(NC(=O)[C@@H](NC(=O)[C@H]2O[C@@H]2C(=O)O)C(C)C)s1. The van der Waals surface area contributed by atoms with E-state index in [-0.39, 0.29) is 5.92 Å². The molecule has 2 amide bonds. The molecule has 1 aliphatic rings. The summed E-state index contributed by atoms with van der Waals surface area (Å²) in [6, 6.07) is -0.824. The largest absolute Gasteiger partial charge is 0.479 e. The van der Waals surface area contributed by atoms with Crippen LogP contribution in [0.3, 0.4) is 0 Å². The number of carbonyl (C=O) groups is 3. The van der Waals surface area contributed by atoms with E-state index >= 15 is 0 Å². The van der Waals surface area contributed by atoms with Gasteiger partial charge in [-0.15, -0.1) is 10.2 Å². The van der Waals surface area contributed by atoms with Crippen LogP contribution < -0.4 is 10.6 Å². The Morgan fingerprint density at radius 3 is 2.48 bits per heavy atom. The molecule has 2 heterocycles. The van der Waals surface area contributed by atoms with Crippen molar-refractivity contribution in [1.82, 2.24) is 15.5 Å². The van der Waals surface area contributed by atoms with Crippen LogP contribution in [0.2, 0.25) is 0 Å². The number of rotatable bonds is 7. The number of carboxylic acids is 1. The summed E-state index contributed by atoms with van der Waals surface area (Å²) < 4.78 is 4.77. The van der Waals surface area contributed by atoms with E-state index in [1.54, 1.807) is 13.8 Å². The Morgan fingerprint density at radius 1 is 1.30 bits per heavy atom. The minimum absolute atomic E-state index is 0.195. The molecule has 3 N–H and O–H groups in total. The average molecular weight is 342 g/mol. The number of anilines is 1. The molecular formula is C13H18N4O5S. The molecule has 0 radical (unpaired) electrons. The molecule has 1 aromatic heterocycles. The van der Waals surface area contributed by atoms with Gasteiger partial charge >= 0.3 is 5.97 Å². The Bertz CT molecular complexity index is 617. The van der Waals surface area contributed by atoms with E-state index in [1.165, 1.54) is 11.3 Å². The second-order valence-corrected chi connectivity index (χ2v) is 6.45. The summed E-state index contributed by atoms with van der Waals surface area (Å²) in [4.78, 5) is 34.9. The van der Waals surface area contributed by atoms with Gasteiger partial charge in [0.25, 0.3) is 5.91 Å². The summed E-state index contributed by atoms with van der Waals surface area (Å²) in [5.41, 5.74) is 0. The topological polar surface area (TPSA) is 134 Å². The third kappa shape index (κ3) is 4.23. The molecule has 0 saturated carbocycles. The van der Waals surface area contributed by atoms with Crippen molar-refractivity contribution in [2.24, 2.45) is 5.92 Å². The first kappa shape index (κ1) is 17.3. The molecule has 1 aliphatic heterocycles. The zero-order chi connectivity index (χ0) is 17.1. The average Bonchev–Trinajstić information content (AvgIpc) is 3.18. The molecule has 2 rings (SSSR count). The first-order valence-corrected chi connectivity index (χ1v) is 7.97. The summed E-state index contributed by atoms with van der Waals surface area (Å²) in [6.07, 6.45) is -1.47. The first-order valence-electron chi connectivity index (χ1n) is 7.15. The number of hydrogen-bond acceptors (Lipinski definition) is 7. The van der Waals surface area contributed by atoms with Crippen LogP contribution in [0.4, 0.5) is 5.13 Å². The van der Waals surface area contributed by atoms with E-state index in [0.717, 1.165) is 5.01 Å². The Hall–Kier alpha value is -2.07. The van der Waals surface area contributed by atoms with E-state index in [0.29, 0.717) is 11.6 Å². The second-order valence-electron chi connectivity index (χ2n) is 5.39. The predicted molar refractivity (Wildman–Crippen MR) is 81.0 cm³/mol. The van der Waals surface area contributed by atoms with Crippen LogP contribution in [-0.2, 0) is 25.5 Å². The molecule has 1 fully saturated rings. The summed E-state index contributed by atoms with van der Waals surface area (Å²) in [5.74, 6) is -2.44. The monoisotopic (exact) mass is 342 g/mol. The zero-order valence-corrected chi connectivity index (χ0v) is 13.7. The van der Waals surface area contributed by atoms with E-state index in [1.807, 2.05) is 6.92 Å². The van der Waals surface area contributed by atoms with Gasteiger partial charge in [0.15, 0.2) is 12.2 Å². The van der Waals surface area contributed by atoms with Crippen molar-refractivity contribution in [3.05, 3.63) is 5.01 Å². The quantitative estimate of drug-likeness (QED) is 0.595. The number of amides is 2. The molecule has 10 heteroatoms. The molecule has 9 nitrogen and oxygen atoms in total. The fourth-order valence-corrected chi connectivity index (χ4v) is 2.58. The molecule has 23 heavy (non-hydrogen) atoms. The molecule has 1 saturated heterocycles. The van der Waals surface area contributed by atoms with Crippen LogP contribution in [-0.4, -0.2) is 51.3 Å². The van der Waals surface area contributed by atoms with Crippen molar-refractivity contribution in [2.45, 2.75) is 45.4 Å². The lowest BCUT2D eigenvalue weighted by Crippen LogP contribution is -2.48. The highest BCUT2D eigenvalue weighted by Gasteiger charge is 2.51. The molecule has 0 bridgehead atoms. The van der Waals surface area contributed by atoms with Gasteiger partial charge in [-0.1, -0.05) is 32.1 Å². The number of aromatic nitrogens is 2. The molecular weight excluding hydrogens is 324 g/mol. The maximum Gasteiger partial charge on any atom is 0.336 e. The lowest BCUT2D eigenvalue weighted by molar-refractivity contribution is -0.138. The van der Waals surface area contributed by atoms with Crippen molar-refractivity contribution in [1.29, 1.82) is 0 Å². The van der Waals surface area contributed by atoms with Gasteiger partial charge in [0.1, 0.15) is 11.0 Å². The second kappa shape index (κ2) is 7.01. The van der Waals surface area contributed by atoms with E-state index in [2.05, 4.69) is 20.8 Å². The maximum absolute atomic E-state index is 12.3. The smallest absolute Gasteiger partial charge is 0.336 e. The fraction of sp³-hybridized carbons (Fsp3) is 0.615. The van der Waals surface area contributed by atoms with Gasteiger partial charge in [0.05, 0.1) is 0 Å². The summed E-state index contributed by atoms with van der Waals surface area (Å²) in [6.45, 7) is 5.47. The number of nitrogens with zero attached hydrogens (tertiary/aromatic N) is 2. The minimum Gasteiger partial charge on any atom is -0.479 e. The van der Waals surface area contributed by atoms with Gasteiger partial charge in [-0.05, 0) is 12.3 Å². The van der Waals surface area contributed by atoms with E-state index in [4.69, 9.17) is 9.84 Å². The third-order valence-electron chi connectivity index (χ3n) is 3.24. The number of carbonyl (C=O) groups excluding carboxylic acids is 2. The number of hydrogen-bond donors (Lipinski definition) is 3. The van der Waals surface area contributed by atoms with Crippen molar-refractivity contribution < 1.29 is 24.2 Å². The van der Waals surface area contributed by atoms with E-state index in [9.17, 15) is 14.4 Å². The van der Waals surface area contributed by atoms with Crippen molar-refractivity contribution in [2.75, 3.05) is 5.32 Å². The van der Waals surface area contributed by atoms with Crippen LogP contribution >= 0.6 is 11.3 Å². The molecule has 0 unspecified atom stereocenters. The highest BCUT2D eigenvalue weighted by Crippen LogP contribution is 2.23. The molecule has 126 valence electrons. The Labute approximate surface area is 136 Å². The van der Waals surface area contributed by atoms with Crippen LogP contribution in [0, 0.1) is 5.92 Å². The van der Waals surface area contributed by atoms with Crippen molar-refractivity contribution >= 4 is 34.3 Å². The number of aliphatic carboxylic acids is 1. The fourth-order valence-electron chi connectivity index (χ4n) is 1.90. The first-order chi connectivity index (χ1) is 10.8. The third-order valence-corrected chi connectivity index (χ3v) is 4.22. The van der Waals surface area contributed by atoms with Crippen molar-refractivity contribution in [3.63, 3.8) is 0 Å². The Balaban J connectivity index is 1.96. The zero-order valence-electron chi connectivity index (χ0n) is 12.9. The minimum atomic E-state index is -1.20. The lowest BCUT2D eigenvalue weighted by atomic mass is 10.0. The number of ether oxygens (including phenoxy) is 1. The summed E-state index contributed by atoms with van der Waals surface area (Å²) in [7, 11) is 0. The standard InChI is InChI=1S/C13H18N4O5S/c1-4-6-16-17-13(23-6)15-10(18)7(5(2)3)14-11(19)8-9(22-8)12(20)21/h5,7-9H,4H2,1-3H3,(H,14,19)(H,20,21)(H,15,17,18)/t7-,8-,9-/m0/s1. The number of nitrogens with one attached hydrogen (secondary N) is 2. The van der Waals surface area contributed by atoms with Gasteiger partial charge in [0.2, 0.25) is 11.0 Å². The van der Waals surface area contributed by atoms with Gasteiger partial charge < -0.3 is 15.2 Å². The summed E-state index contributed by atoms with van der Waals surface area (Å²) in [5, 5.41) is 22.8.